The number of rotatable bonds is 3. The fraction of sp³-hybridized carbons (Fsp3) is 0.0769. The summed E-state index contributed by atoms with van der Waals surface area (Å²) in [5, 5.41) is 20.3. The van der Waals surface area contributed by atoms with Gasteiger partial charge in [0.2, 0.25) is 5.75 Å². The fourth-order valence-electron chi connectivity index (χ4n) is 1.59. The van der Waals surface area contributed by atoms with E-state index >= 15 is 0 Å². The number of aromatic hydroxyl groups is 1. The summed E-state index contributed by atoms with van der Waals surface area (Å²) < 4.78 is 5.41. The number of ether oxygens (including phenoxy) is 1. The van der Waals surface area contributed by atoms with E-state index in [4.69, 9.17) is 10.5 Å². The monoisotopic (exact) mass is 260 g/mol. The second-order valence-corrected chi connectivity index (χ2v) is 4.03. The maximum absolute atomic E-state index is 11.0. The van der Waals surface area contributed by atoms with Gasteiger partial charge in [-0.3, -0.25) is 10.1 Å². The zero-order valence-corrected chi connectivity index (χ0v) is 10.2. The molecule has 0 amide bonds. The summed E-state index contributed by atoms with van der Waals surface area (Å²) in [4.78, 5) is 10.4. The molecule has 0 aliphatic carbocycles. The highest BCUT2D eigenvalue weighted by Crippen LogP contribution is 2.35. The van der Waals surface area contributed by atoms with Crippen LogP contribution in [0.25, 0.3) is 0 Å². The molecule has 0 saturated heterocycles. The average Bonchev–Trinajstić information content (AvgIpc) is 2.33. The Morgan fingerprint density at radius 1 is 1.32 bits per heavy atom. The molecule has 0 aliphatic heterocycles. The molecule has 0 spiro atoms. The number of nitrogens with two attached hydrogens (primary N) is 1. The van der Waals surface area contributed by atoms with Gasteiger partial charge in [-0.25, -0.2) is 0 Å². The summed E-state index contributed by atoms with van der Waals surface area (Å²) in [5.74, 6) is 0.352. The third-order valence-electron chi connectivity index (χ3n) is 2.59. The maximum atomic E-state index is 11.0. The number of nitrogens with zero attached hydrogens (tertiary/aromatic N) is 1. The number of hydrogen-bond donors (Lipinski definition) is 2. The number of aryl methyl sites for hydroxylation is 1. The van der Waals surface area contributed by atoms with Crippen LogP contribution in [0.15, 0.2) is 36.4 Å². The second kappa shape index (κ2) is 4.85. The predicted molar refractivity (Wildman–Crippen MR) is 70.4 cm³/mol. The van der Waals surface area contributed by atoms with Crippen molar-refractivity contribution in [2.75, 3.05) is 5.73 Å². The van der Waals surface area contributed by atoms with Gasteiger partial charge in [0.05, 0.1) is 4.92 Å². The summed E-state index contributed by atoms with van der Waals surface area (Å²) in [6.45, 7) is 1.68. The molecule has 0 saturated carbocycles. The van der Waals surface area contributed by atoms with Crippen LogP contribution < -0.4 is 10.5 Å². The van der Waals surface area contributed by atoms with Gasteiger partial charge in [-0.2, -0.15) is 0 Å². The van der Waals surface area contributed by atoms with E-state index in [1.54, 1.807) is 19.1 Å². The molecule has 0 heterocycles. The molecular formula is C13H12N2O4. The number of anilines is 1. The van der Waals surface area contributed by atoms with Crippen LogP contribution in [-0.4, -0.2) is 10.0 Å². The van der Waals surface area contributed by atoms with E-state index in [0.29, 0.717) is 17.0 Å². The van der Waals surface area contributed by atoms with Crippen LogP contribution in [0.3, 0.4) is 0 Å². The minimum Gasteiger partial charge on any atom is -0.508 e. The Balaban J connectivity index is 2.44. The van der Waals surface area contributed by atoms with E-state index in [1.165, 1.54) is 24.3 Å². The smallest absolute Gasteiger partial charge is 0.311 e. The lowest BCUT2D eigenvalue weighted by atomic mass is 10.1. The van der Waals surface area contributed by atoms with Crippen LogP contribution in [0.1, 0.15) is 5.56 Å². The molecule has 2 rings (SSSR count). The highest BCUT2D eigenvalue weighted by atomic mass is 16.6. The molecule has 0 atom stereocenters. The van der Waals surface area contributed by atoms with Gasteiger partial charge < -0.3 is 15.6 Å². The molecule has 0 radical (unpaired) electrons. The van der Waals surface area contributed by atoms with E-state index in [-0.39, 0.29) is 17.2 Å². The van der Waals surface area contributed by atoms with E-state index in [2.05, 4.69) is 0 Å². The maximum Gasteiger partial charge on any atom is 0.311 e. The minimum atomic E-state index is -0.537. The Bertz CT molecular complexity index is 641. The van der Waals surface area contributed by atoms with Gasteiger partial charge in [0, 0.05) is 23.9 Å². The van der Waals surface area contributed by atoms with Crippen molar-refractivity contribution in [1.29, 1.82) is 0 Å². The van der Waals surface area contributed by atoms with Crippen LogP contribution in [0.2, 0.25) is 0 Å². The lowest BCUT2D eigenvalue weighted by Crippen LogP contribution is -1.97. The van der Waals surface area contributed by atoms with Gasteiger partial charge in [-0.1, -0.05) is 6.07 Å². The number of nitrogen functional groups attached to an aromatic ring is 1. The second-order valence-electron chi connectivity index (χ2n) is 4.03. The Hall–Kier alpha value is -2.76. The molecule has 6 heteroatoms. The van der Waals surface area contributed by atoms with Gasteiger partial charge >= 0.3 is 5.69 Å². The van der Waals surface area contributed by atoms with Crippen molar-refractivity contribution >= 4 is 11.4 Å². The first-order valence-corrected chi connectivity index (χ1v) is 5.49. The van der Waals surface area contributed by atoms with Gasteiger partial charge in [0.15, 0.2) is 0 Å². The van der Waals surface area contributed by atoms with E-state index in [0.717, 1.165) is 0 Å². The van der Waals surface area contributed by atoms with Crippen LogP contribution in [0.5, 0.6) is 17.2 Å². The fourth-order valence-corrected chi connectivity index (χ4v) is 1.59. The zero-order valence-electron chi connectivity index (χ0n) is 10.2. The lowest BCUT2D eigenvalue weighted by Gasteiger charge is -2.09. The molecule has 3 N–H and O–H groups in total. The molecule has 2 aromatic rings. The Morgan fingerprint density at radius 2 is 2.05 bits per heavy atom. The molecule has 0 bridgehead atoms. The van der Waals surface area contributed by atoms with Crippen molar-refractivity contribution in [3.63, 3.8) is 0 Å². The highest BCUT2D eigenvalue weighted by Gasteiger charge is 2.18. The molecule has 0 aromatic heterocycles. The van der Waals surface area contributed by atoms with E-state index in [9.17, 15) is 15.2 Å². The third kappa shape index (κ3) is 2.74. The summed E-state index contributed by atoms with van der Waals surface area (Å²) in [6, 6.07) is 8.75. The topological polar surface area (TPSA) is 98.6 Å². The summed E-state index contributed by atoms with van der Waals surface area (Å²) in [7, 11) is 0. The molecule has 19 heavy (non-hydrogen) atoms. The first-order valence-electron chi connectivity index (χ1n) is 5.49. The van der Waals surface area contributed by atoms with E-state index < -0.39 is 4.92 Å². The van der Waals surface area contributed by atoms with E-state index in [1.807, 2.05) is 0 Å². The largest absolute Gasteiger partial charge is 0.508 e. The van der Waals surface area contributed by atoms with Crippen molar-refractivity contribution in [2.24, 2.45) is 0 Å². The number of nitro benzene ring substituents is 1. The van der Waals surface area contributed by atoms with Crippen molar-refractivity contribution < 1.29 is 14.8 Å². The lowest BCUT2D eigenvalue weighted by molar-refractivity contribution is -0.385. The predicted octanol–water partition coefficient (Wildman–Crippen LogP) is 2.98. The van der Waals surface area contributed by atoms with Crippen molar-refractivity contribution in [3.8, 4) is 17.2 Å². The van der Waals surface area contributed by atoms with Gasteiger partial charge in [0.25, 0.3) is 0 Å². The van der Waals surface area contributed by atoms with Crippen LogP contribution in [0.4, 0.5) is 11.4 Å². The quantitative estimate of drug-likeness (QED) is 0.502. The van der Waals surface area contributed by atoms with Crippen LogP contribution >= 0.6 is 0 Å². The molecule has 6 nitrogen and oxygen atoms in total. The highest BCUT2D eigenvalue weighted by molar-refractivity contribution is 5.61. The van der Waals surface area contributed by atoms with Crippen molar-refractivity contribution in [3.05, 3.63) is 52.1 Å². The number of phenolic OH excluding ortho intramolecular Hbond substituents is 1. The zero-order chi connectivity index (χ0) is 14.0. The van der Waals surface area contributed by atoms with Gasteiger partial charge in [-0.05, 0) is 24.6 Å². The SMILES string of the molecule is Cc1cc([N+](=O)[O-])c(Oc2cccc(O)c2)cc1N. The molecule has 2 aromatic carbocycles. The molecule has 0 aliphatic rings. The number of phenols is 1. The molecule has 98 valence electrons. The summed E-state index contributed by atoms with van der Waals surface area (Å²) in [6.07, 6.45) is 0. The first kappa shape index (κ1) is 12.7. The number of benzene rings is 2. The van der Waals surface area contributed by atoms with Crippen molar-refractivity contribution in [2.45, 2.75) is 6.92 Å². The normalized spacial score (nSPS) is 10.2. The molecular weight excluding hydrogens is 248 g/mol. The standard InChI is InChI=1S/C13H12N2O4/c1-8-5-12(15(17)18)13(7-11(8)14)19-10-4-2-3-9(16)6-10/h2-7,16H,14H2,1H3. The third-order valence-corrected chi connectivity index (χ3v) is 2.59. The Morgan fingerprint density at radius 3 is 2.68 bits per heavy atom. The van der Waals surface area contributed by atoms with Gasteiger partial charge in [-0.15, -0.1) is 0 Å². The summed E-state index contributed by atoms with van der Waals surface area (Å²) >= 11 is 0. The van der Waals surface area contributed by atoms with Crippen LogP contribution in [-0.2, 0) is 0 Å². The first-order chi connectivity index (χ1) is 8.97. The van der Waals surface area contributed by atoms with Crippen molar-refractivity contribution in [1.82, 2.24) is 0 Å². The number of nitro groups is 1. The summed E-state index contributed by atoms with van der Waals surface area (Å²) in [5.41, 5.74) is 6.56. The Kier molecular flexibility index (Phi) is 3.24. The minimum absolute atomic E-state index is 0.0141. The molecule has 0 fully saturated rings. The Labute approximate surface area is 109 Å². The van der Waals surface area contributed by atoms with Gasteiger partial charge in [0.1, 0.15) is 11.5 Å². The number of hydrogen-bond acceptors (Lipinski definition) is 5. The molecule has 0 unspecified atom stereocenters. The average molecular weight is 260 g/mol. The van der Waals surface area contributed by atoms with Crippen LogP contribution in [0, 0.1) is 17.0 Å².